The third-order valence-electron chi connectivity index (χ3n) is 4.18. The van der Waals surface area contributed by atoms with Crippen LogP contribution < -0.4 is 4.90 Å². The van der Waals surface area contributed by atoms with Gasteiger partial charge in [0.1, 0.15) is 5.82 Å². The van der Waals surface area contributed by atoms with Crippen molar-refractivity contribution in [3.8, 4) is 0 Å². The Bertz CT molecular complexity index is 550. The number of aryl methyl sites for hydroxylation is 2. The normalized spacial score (nSPS) is 20.4. The molecule has 116 valence electrons. The molecule has 1 aromatic heterocycles. The summed E-state index contributed by atoms with van der Waals surface area (Å²) in [5.41, 5.74) is 1.76. The van der Waals surface area contributed by atoms with Gasteiger partial charge in [0.2, 0.25) is 0 Å². The summed E-state index contributed by atoms with van der Waals surface area (Å²) in [7, 11) is 4.07. The minimum atomic E-state index is -0.936. The minimum Gasteiger partial charge on any atom is -0.478 e. The van der Waals surface area contributed by atoms with Crippen molar-refractivity contribution in [1.82, 2.24) is 14.7 Å². The van der Waals surface area contributed by atoms with Gasteiger partial charge in [-0.25, -0.2) is 4.79 Å². The molecule has 0 bridgehead atoms. The molecular weight excluding hydrogens is 268 g/mol. The van der Waals surface area contributed by atoms with E-state index in [4.69, 9.17) is 5.11 Å². The van der Waals surface area contributed by atoms with Crippen molar-refractivity contribution in [2.45, 2.75) is 26.3 Å². The Morgan fingerprint density at radius 2 is 2.14 bits per heavy atom. The van der Waals surface area contributed by atoms with Crippen molar-refractivity contribution in [3.63, 3.8) is 0 Å². The van der Waals surface area contributed by atoms with E-state index in [-0.39, 0.29) is 0 Å². The van der Waals surface area contributed by atoms with Crippen LogP contribution in [0.2, 0.25) is 0 Å². The zero-order chi connectivity index (χ0) is 15.6. The molecule has 0 aliphatic carbocycles. The summed E-state index contributed by atoms with van der Waals surface area (Å²) >= 11 is 0. The van der Waals surface area contributed by atoms with Crippen molar-refractivity contribution in [2.24, 2.45) is 7.05 Å². The fourth-order valence-electron chi connectivity index (χ4n) is 2.97. The molecule has 2 rings (SSSR count). The average molecular weight is 292 g/mol. The number of carboxylic acid groups (broad SMARTS) is 1. The van der Waals surface area contributed by atoms with Crippen LogP contribution in [0.4, 0.5) is 5.82 Å². The number of carboxylic acids is 1. The van der Waals surface area contributed by atoms with Gasteiger partial charge in [0.25, 0.3) is 0 Å². The molecule has 1 aliphatic heterocycles. The number of hydrogen-bond acceptors (Lipinski definition) is 4. The second-order valence-corrected chi connectivity index (χ2v) is 5.61. The molecule has 1 aromatic rings. The Labute approximate surface area is 125 Å². The number of nitrogens with zero attached hydrogens (tertiary/aromatic N) is 4. The van der Waals surface area contributed by atoms with E-state index in [0.29, 0.717) is 6.04 Å². The highest BCUT2D eigenvalue weighted by molar-refractivity contribution is 5.87. The lowest BCUT2D eigenvalue weighted by molar-refractivity contribution is -0.131. The van der Waals surface area contributed by atoms with Gasteiger partial charge in [0.15, 0.2) is 0 Å². The average Bonchev–Trinajstić information content (AvgIpc) is 2.71. The molecule has 6 heteroatoms. The summed E-state index contributed by atoms with van der Waals surface area (Å²) in [6, 6.07) is 0.519. The Hall–Kier alpha value is -1.82. The van der Waals surface area contributed by atoms with E-state index in [1.54, 1.807) is 6.08 Å². The molecule has 0 aromatic carbocycles. The standard InChI is InChI=1S/C15H24N4O2/c1-5-12-10-19(9-8-17(12)3)15-13(6-7-14(20)21)11(2)16-18(15)4/h6-7,12H,5,8-10H2,1-4H3,(H,20,21). The predicted octanol–water partition coefficient (Wildman–Crippen LogP) is 1.36. The van der Waals surface area contributed by atoms with E-state index < -0.39 is 5.97 Å². The first-order valence-corrected chi connectivity index (χ1v) is 7.33. The number of aliphatic carboxylic acids is 1. The van der Waals surface area contributed by atoms with Crippen molar-refractivity contribution in [3.05, 3.63) is 17.3 Å². The van der Waals surface area contributed by atoms with Gasteiger partial charge in [-0.05, 0) is 26.5 Å². The smallest absolute Gasteiger partial charge is 0.328 e. The number of carbonyl (C=O) groups is 1. The molecular formula is C15H24N4O2. The molecule has 1 atom stereocenters. The summed E-state index contributed by atoms with van der Waals surface area (Å²) in [4.78, 5) is 15.5. The molecule has 2 heterocycles. The summed E-state index contributed by atoms with van der Waals surface area (Å²) in [5, 5.41) is 13.3. The molecule has 0 saturated carbocycles. The summed E-state index contributed by atoms with van der Waals surface area (Å²) in [6.45, 7) is 6.99. The van der Waals surface area contributed by atoms with E-state index in [9.17, 15) is 4.79 Å². The molecule has 0 amide bonds. The summed E-state index contributed by atoms with van der Waals surface area (Å²) in [5.74, 6) is 0.0746. The summed E-state index contributed by atoms with van der Waals surface area (Å²) in [6.07, 6.45) is 3.93. The van der Waals surface area contributed by atoms with Crippen LogP contribution in [0.1, 0.15) is 24.6 Å². The molecule has 0 radical (unpaired) electrons. The Morgan fingerprint density at radius 3 is 2.76 bits per heavy atom. The maximum atomic E-state index is 10.8. The van der Waals surface area contributed by atoms with E-state index in [0.717, 1.165) is 43.1 Å². The van der Waals surface area contributed by atoms with Crippen molar-refractivity contribution in [1.29, 1.82) is 0 Å². The SMILES string of the molecule is CCC1CN(c2c(C=CC(=O)O)c(C)nn2C)CCN1C. The molecule has 1 saturated heterocycles. The van der Waals surface area contributed by atoms with Crippen LogP contribution in [0, 0.1) is 6.92 Å². The van der Waals surface area contributed by atoms with Crippen LogP contribution in [0.25, 0.3) is 6.08 Å². The number of anilines is 1. The quantitative estimate of drug-likeness (QED) is 0.849. The van der Waals surface area contributed by atoms with Gasteiger partial charge in [0, 0.05) is 44.4 Å². The van der Waals surface area contributed by atoms with Gasteiger partial charge in [-0.1, -0.05) is 6.92 Å². The molecule has 21 heavy (non-hydrogen) atoms. The van der Waals surface area contributed by atoms with E-state index in [1.165, 1.54) is 6.08 Å². The van der Waals surface area contributed by atoms with Crippen LogP contribution in [0.5, 0.6) is 0 Å². The lowest BCUT2D eigenvalue weighted by atomic mass is 10.1. The Morgan fingerprint density at radius 1 is 1.43 bits per heavy atom. The first-order chi connectivity index (χ1) is 9.93. The maximum absolute atomic E-state index is 10.8. The number of rotatable bonds is 4. The zero-order valence-electron chi connectivity index (χ0n) is 13.2. The minimum absolute atomic E-state index is 0.519. The largest absolute Gasteiger partial charge is 0.478 e. The Balaban J connectivity index is 2.32. The van der Waals surface area contributed by atoms with E-state index in [2.05, 4.69) is 28.9 Å². The van der Waals surface area contributed by atoms with Gasteiger partial charge in [-0.2, -0.15) is 5.10 Å². The predicted molar refractivity (Wildman–Crippen MR) is 83.5 cm³/mol. The second-order valence-electron chi connectivity index (χ2n) is 5.61. The lowest BCUT2D eigenvalue weighted by Crippen LogP contribution is -2.51. The highest BCUT2D eigenvalue weighted by Gasteiger charge is 2.26. The van der Waals surface area contributed by atoms with E-state index >= 15 is 0 Å². The molecule has 0 spiro atoms. The van der Waals surface area contributed by atoms with Gasteiger partial charge in [-0.15, -0.1) is 0 Å². The highest BCUT2D eigenvalue weighted by atomic mass is 16.4. The van der Waals surface area contributed by atoms with Crippen molar-refractivity contribution >= 4 is 17.9 Å². The molecule has 1 aliphatic rings. The zero-order valence-corrected chi connectivity index (χ0v) is 13.2. The first-order valence-electron chi connectivity index (χ1n) is 7.33. The number of likely N-dealkylation sites (N-methyl/N-ethyl adjacent to an activating group) is 1. The monoisotopic (exact) mass is 292 g/mol. The third kappa shape index (κ3) is 3.26. The fraction of sp³-hybridized carbons (Fsp3) is 0.600. The van der Waals surface area contributed by atoms with Crippen LogP contribution in [0.3, 0.4) is 0 Å². The number of aromatic nitrogens is 2. The van der Waals surface area contributed by atoms with Gasteiger partial charge in [0.05, 0.1) is 5.69 Å². The number of piperazine rings is 1. The molecule has 6 nitrogen and oxygen atoms in total. The van der Waals surface area contributed by atoms with Gasteiger partial charge >= 0.3 is 5.97 Å². The number of hydrogen-bond donors (Lipinski definition) is 1. The van der Waals surface area contributed by atoms with Gasteiger partial charge in [-0.3, -0.25) is 9.58 Å². The van der Waals surface area contributed by atoms with Crippen molar-refractivity contribution in [2.75, 3.05) is 31.6 Å². The van der Waals surface area contributed by atoms with Crippen LogP contribution in [-0.4, -0.2) is 58.5 Å². The summed E-state index contributed by atoms with van der Waals surface area (Å²) < 4.78 is 1.86. The van der Waals surface area contributed by atoms with Crippen LogP contribution in [0.15, 0.2) is 6.08 Å². The van der Waals surface area contributed by atoms with Gasteiger partial charge < -0.3 is 10.0 Å². The van der Waals surface area contributed by atoms with Crippen LogP contribution in [-0.2, 0) is 11.8 Å². The highest BCUT2D eigenvalue weighted by Crippen LogP contribution is 2.27. The Kier molecular flexibility index (Phi) is 4.67. The van der Waals surface area contributed by atoms with Crippen molar-refractivity contribution < 1.29 is 9.90 Å². The third-order valence-corrected chi connectivity index (χ3v) is 4.18. The van der Waals surface area contributed by atoms with Crippen LogP contribution >= 0.6 is 0 Å². The molecule has 1 N–H and O–H groups in total. The lowest BCUT2D eigenvalue weighted by Gasteiger charge is -2.40. The maximum Gasteiger partial charge on any atom is 0.328 e. The molecule has 1 fully saturated rings. The topological polar surface area (TPSA) is 61.6 Å². The second kappa shape index (κ2) is 6.30. The van der Waals surface area contributed by atoms with E-state index in [1.807, 2.05) is 18.7 Å². The molecule has 1 unspecified atom stereocenters. The fourth-order valence-corrected chi connectivity index (χ4v) is 2.97. The first kappa shape index (κ1) is 15.6.